The van der Waals surface area contributed by atoms with Gasteiger partial charge < -0.3 is 14.8 Å². The summed E-state index contributed by atoms with van der Waals surface area (Å²) in [6.45, 7) is 1.68. The normalized spacial score (nSPS) is 13.5. The Morgan fingerprint density at radius 1 is 1.32 bits per heavy atom. The van der Waals surface area contributed by atoms with Gasteiger partial charge in [-0.25, -0.2) is 0 Å². The van der Waals surface area contributed by atoms with Gasteiger partial charge in [-0.3, -0.25) is 10.1 Å². The maximum absolute atomic E-state index is 10.7. The molecule has 2 aromatic rings. The summed E-state index contributed by atoms with van der Waals surface area (Å²) in [6, 6.07) is 6.85. The predicted molar refractivity (Wildman–Crippen MR) is 85.4 cm³/mol. The Balaban J connectivity index is 1.73. The summed E-state index contributed by atoms with van der Waals surface area (Å²) >= 11 is 7.33. The summed E-state index contributed by atoms with van der Waals surface area (Å²) in [6.07, 6.45) is 0.817. The van der Waals surface area contributed by atoms with Crippen LogP contribution in [0.2, 0.25) is 5.02 Å². The van der Waals surface area contributed by atoms with Crippen LogP contribution in [0.3, 0.4) is 0 Å². The molecule has 0 radical (unpaired) electrons. The average molecular weight is 341 g/mol. The molecule has 1 aromatic heterocycles. The minimum absolute atomic E-state index is 0.110. The first-order chi connectivity index (χ1) is 10.6. The highest BCUT2D eigenvalue weighted by Gasteiger charge is 2.16. The molecular formula is C14H13ClN2O4S. The smallest absolute Gasteiger partial charge is 0.326 e. The first kappa shape index (κ1) is 14.9. The van der Waals surface area contributed by atoms with E-state index in [4.69, 9.17) is 21.1 Å². The van der Waals surface area contributed by atoms with Crippen LogP contribution in [0.4, 0.5) is 10.0 Å². The van der Waals surface area contributed by atoms with Crippen molar-refractivity contribution in [1.82, 2.24) is 0 Å². The number of benzene rings is 1. The monoisotopic (exact) mass is 340 g/mol. The third kappa shape index (κ3) is 3.26. The fourth-order valence-corrected chi connectivity index (χ4v) is 3.10. The Morgan fingerprint density at radius 2 is 2.14 bits per heavy atom. The van der Waals surface area contributed by atoms with Gasteiger partial charge >= 0.3 is 5.00 Å². The minimum atomic E-state index is -0.402. The van der Waals surface area contributed by atoms with Gasteiger partial charge in [-0.1, -0.05) is 11.6 Å². The van der Waals surface area contributed by atoms with E-state index < -0.39 is 4.92 Å². The molecule has 0 bridgehead atoms. The molecule has 1 aliphatic heterocycles. The summed E-state index contributed by atoms with van der Waals surface area (Å²) in [4.78, 5) is 10.3. The van der Waals surface area contributed by atoms with Crippen molar-refractivity contribution in [2.45, 2.75) is 13.0 Å². The second-order valence-corrected chi connectivity index (χ2v) is 6.17. The lowest BCUT2D eigenvalue weighted by Crippen LogP contribution is -2.00. The fraction of sp³-hybridized carbons (Fsp3) is 0.286. The summed E-state index contributed by atoms with van der Waals surface area (Å²) < 4.78 is 11.2. The van der Waals surface area contributed by atoms with Crippen molar-refractivity contribution in [2.75, 3.05) is 18.5 Å². The zero-order chi connectivity index (χ0) is 15.5. The van der Waals surface area contributed by atoms with Crippen molar-refractivity contribution in [3.8, 4) is 11.5 Å². The first-order valence-corrected chi connectivity index (χ1v) is 7.89. The molecule has 0 amide bonds. The Bertz CT molecular complexity index is 704. The molecule has 1 aliphatic rings. The van der Waals surface area contributed by atoms with Crippen LogP contribution in [0.15, 0.2) is 24.3 Å². The highest BCUT2D eigenvalue weighted by atomic mass is 35.5. The molecule has 0 aliphatic carbocycles. The van der Waals surface area contributed by atoms with E-state index in [1.807, 2.05) is 12.1 Å². The fourth-order valence-electron chi connectivity index (χ4n) is 2.10. The molecule has 8 heteroatoms. The molecule has 1 aromatic carbocycles. The standard InChI is InChI=1S/C14H13ClN2O4S/c15-10-6-9(7-11-14(10)21-5-1-4-20-11)8-16-12-2-3-13(22-12)17(18)19/h2-3,6-7,16H,1,4-5,8H2. The number of ether oxygens (including phenoxy) is 2. The zero-order valence-corrected chi connectivity index (χ0v) is 13.1. The number of hydrogen-bond donors (Lipinski definition) is 1. The number of fused-ring (bicyclic) bond motifs is 1. The van der Waals surface area contributed by atoms with E-state index in [1.165, 1.54) is 6.07 Å². The lowest BCUT2D eigenvalue weighted by atomic mass is 10.2. The second-order valence-electron chi connectivity index (χ2n) is 4.70. The molecule has 6 nitrogen and oxygen atoms in total. The number of anilines is 1. The molecule has 0 saturated heterocycles. The number of nitrogens with one attached hydrogen (secondary N) is 1. The Labute approximate surface area is 135 Å². The van der Waals surface area contributed by atoms with Crippen LogP contribution in [0.5, 0.6) is 11.5 Å². The Kier molecular flexibility index (Phi) is 4.35. The number of hydrogen-bond acceptors (Lipinski definition) is 6. The van der Waals surface area contributed by atoms with Crippen molar-refractivity contribution in [3.63, 3.8) is 0 Å². The Morgan fingerprint density at radius 3 is 2.91 bits per heavy atom. The molecule has 0 atom stereocenters. The van der Waals surface area contributed by atoms with Gasteiger partial charge in [-0.05, 0) is 35.1 Å². The lowest BCUT2D eigenvalue weighted by molar-refractivity contribution is -0.380. The number of nitrogens with zero attached hydrogens (tertiary/aromatic N) is 1. The molecule has 116 valence electrons. The molecule has 0 fully saturated rings. The molecule has 0 unspecified atom stereocenters. The number of nitro groups is 1. The number of thiophene rings is 1. The van der Waals surface area contributed by atoms with E-state index in [1.54, 1.807) is 6.07 Å². The van der Waals surface area contributed by atoms with Crippen molar-refractivity contribution >= 4 is 32.9 Å². The van der Waals surface area contributed by atoms with Gasteiger partial charge in [0.2, 0.25) is 0 Å². The van der Waals surface area contributed by atoms with Gasteiger partial charge in [-0.2, -0.15) is 0 Å². The minimum Gasteiger partial charge on any atom is -0.489 e. The van der Waals surface area contributed by atoms with Gasteiger partial charge in [0.05, 0.1) is 28.2 Å². The molecule has 0 saturated carbocycles. The predicted octanol–water partition coefficient (Wildman–Crippen LogP) is 4.08. The van der Waals surface area contributed by atoms with Crippen LogP contribution in [0.1, 0.15) is 12.0 Å². The SMILES string of the molecule is O=[N+]([O-])c1ccc(NCc2cc(Cl)c3c(c2)OCCCO3)s1. The van der Waals surface area contributed by atoms with Crippen LogP contribution < -0.4 is 14.8 Å². The van der Waals surface area contributed by atoms with Gasteiger partial charge in [-0.15, -0.1) is 0 Å². The molecule has 2 heterocycles. The second kappa shape index (κ2) is 6.41. The summed E-state index contributed by atoms with van der Waals surface area (Å²) in [5.74, 6) is 1.22. The van der Waals surface area contributed by atoms with E-state index in [0.717, 1.165) is 28.3 Å². The van der Waals surface area contributed by atoms with Crippen molar-refractivity contribution in [3.05, 3.63) is 45.0 Å². The van der Waals surface area contributed by atoms with E-state index >= 15 is 0 Å². The van der Waals surface area contributed by atoms with Crippen molar-refractivity contribution in [2.24, 2.45) is 0 Å². The van der Waals surface area contributed by atoms with Crippen LogP contribution in [0.25, 0.3) is 0 Å². The van der Waals surface area contributed by atoms with E-state index in [2.05, 4.69) is 5.32 Å². The molecule has 0 spiro atoms. The molecule has 3 rings (SSSR count). The highest BCUT2D eigenvalue weighted by molar-refractivity contribution is 7.19. The van der Waals surface area contributed by atoms with Gasteiger partial charge in [0.1, 0.15) is 0 Å². The third-order valence-electron chi connectivity index (χ3n) is 3.10. The van der Waals surface area contributed by atoms with Crippen LogP contribution in [-0.2, 0) is 6.54 Å². The van der Waals surface area contributed by atoms with E-state index in [-0.39, 0.29) is 5.00 Å². The van der Waals surface area contributed by atoms with Crippen molar-refractivity contribution < 1.29 is 14.4 Å². The largest absolute Gasteiger partial charge is 0.489 e. The van der Waals surface area contributed by atoms with Crippen LogP contribution >= 0.6 is 22.9 Å². The average Bonchev–Trinajstić information content (AvgIpc) is 2.84. The topological polar surface area (TPSA) is 73.6 Å². The summed E-state index contributed by atoms with van der Waals surface area (Å²) in [5, 5.41) is 15.2. The maximum atomic E-state index is 10.7. The molecule has 22 heavy (non-hydrogen) atoms. The summed E-state index contributed by atoms with van der Waals surface area (Å²) in [7, 11) is 0. The number of rotatable bonds is 4. The molecule has 1 N–H and O–H groups in total. The highest BCUT2D eigenvalue weighted by Crippen LogP contribution is 2.38. The molecular weight excluding hydrogens is 328 g/mol. The van der Waals surface area contributed by atoms with Gasteiger partial charge in [0.15, 0.2) is 11.5 Å². The van der Waals surface area contributed by atoms with E-state index in [0.29, 0.717) is 36.3 Å². The Hall–Kier alpha value is -1.99. The third-order valence-corrected chi connectivity index (χ3v) is 4.38. The van der Waals surface area contributed by atoms with E-state index in [9.17, 15) is 10.1 Å². The first-order valence-electron chi connectivity index (χ1n) is 6.69. The lowest BCUT2D eigenvalue weighted by Gasteiger charge is -2.12. The van der Waals surface area contributed by atoms with Gasteiger partial charge in [0.25, 0.3) is 0 Å². The quantitative estimate of drug-likeness (QED) is 0.670. The zero-order valence-electron chi connectivity index (χ0n) is 11.5. The van der Waals surface area contributed by atoms with Crippen LogP contribution in [0, 0.1) is 10.1 Å². The van der Waals surface area contributed by atoms with Crippen molar-refractivity contribution in [1.29, 1.82) is 0 Å². The number of halogens is 1. The maximum Gasteiger partial charge on any atom is 0.326 e. The van der Waals surface area contributed by atoms with Gasteiger partial charge in [0, 0.05) is 19.0 Å². The summed E-state index contributed by atoms with van der Waals surface area (Å²) in [5.41, 5.74) is 0.922. The van der Waals surface area contributed by atoms with Crippen LogP contribution in [-0.4, -0.2) is 18.1 Å².